The van der Waals surface area contributed by atoms with Crippen molar-refractivity contribution in [3.63, 3.8) is 0 Å². The van der Waals surface area contributed by atoms with Gasteiger partial charge in [-0.05, 0) is 0 Å². The second-order valence-corrected chi connectivity index (χ2v) is 2.66. The molecule has 0 spiro atoms. The van der Waals surface area contributed by atoms with Gasteiger partial charge in [0, 0.05) is 6.42 Å². The molecule has 1 amide bonds. The summed E-state index contributed by atoms with van der Waals surface area (Å²) in [5.74, 6) is -3.64. The predicted octanol–water partition coefficient (Wildman–Crippen LogP) is 0.981. The van der Waals surface area contributed by atoms with E-state index in [1.165, 1.54) is 0 Å². The van der Waals surface area contributed by atoms with Gasteiger partial charge in [-0.1, -0.05) is 13.3 Å². The second-order valence-electron chi connectivity index (χ2n) is 2.66. The van der Waals surface area contributed by atoms with Crippen LogP contribution in [0.5, 0.6) is 0 Å². The van der Waals surface area contributed by atoms with Gasteiger partial charge in [-0.2, -0.15) is 0 Å². The third-order valence-corrected chi connectivity index (χ3v) is 1.59. The Bertz CT molecular complexity index is 221. The van der Waals surface area contributed by atoms with Gasteiger partial charge in [0.05, 0.1) is 14.2 Å². The summed E-state index contributed by atoms with van der Waals surface area (Å²) < 4.78 is 22.2. The van der Waals surface area contributed by atoms with Crippen LogP contribution in [0.3, 0.4) is 0 Å². The van der Waals surface area contributed by atoms with E-state index >= 15 is 0 Å². The lowest BCUT2D eigenvalue weighted by atomic mass is 10.1. The molecule has 0 aliphatic rings. The third kappa shape index (κ3) is 3.20. The molecule has 0 radical (unpaired) electrons. The van der Waals surface area contributed by atoms with Crippen LogP contribution in [0.2, 0.25) is 0 Å². The van der Waals surface area contributed by atoms with E-state index in [4.69, 9.17) is 0 Å². The first-order chi connectivity index (χ1) is 6.50. The van der Waals surface area contributed by atoms with E-state index in [1.807, 2.05) is 0 Å². The molecule has 1 N–H and O–H groups in total. The molecule has 1 atom stereocenters. The van der Waals surface area contributed by atoms with Gasteiger partial charge >= 0.3 is 12.1 Å². The smallest absolute Gasteiger partial charge is 0.409 e. The van der Waals surface area contributed by atoms with Crippen LogP contribution in [0.15, 0.2) is 0 Å². The lowest BCUT2D eigenvalue weighted by Gasteiger charge is -2.22. The monoisotopic (exact) mass is 207 g/mol. The molecule has 5 nitrogen and oxygen atoms in total. The van der Waals surface area contributed by atoms with Crippen molar-refractivity contribution in [1.82, 2.24) is 5.32 Å². The van der Waals surface area contributed by atoms with Gasteiger partial charge < -0.3 is 9.47 Å². The topological polar surface area (TPSA) is 64.6 Å². The molecule has 0 aromatic heterocycles. The number of carbonyl (C=O) groups excluding carboxylic acids is 2. The minimum Gasteiger partial charge on any atom is -0.465 e. The molecule has 0 bridgehead atoms. The van der Waals surface area contributed by atoms with Gasteiger partial charge in [-0.15, -0.1) is 0 Å². The number of rotatable bonds is 4. The minimum absolute atomic E-state index is 0.158. The Kier molecular flexibility index (Phi) is 4.90. The van der Waals surface area contributed by atoms with E-state index in [0.717, 1.165) is 14.2 Å². The number of esters is 1. The lowest BCUT2D eigenvalue weighted by molar-refractivity contribution is -0.157. The fourth-order valence-electron chi connectivity index (χ4n) is 0.935. The molecule has 0 saturated heterocycles. The van der Waals surface area contributed by atoms with Crippen molar-refractivity contribution in [3.05, 3.63) is 0 Å². The number of nitrogens with one attached hydrogen (secondary N) is 1. The Labute approximate surface area is 81.6 Å². The summed E-state index contributed by atoms with van der Waals surface area (Å²) in [4.78, 5) is 21.7. The van der Waals surface area contributed by atoms with Gasteiger partial charge in [0.1, 0.15) is 0 Å². The molecule has 0 heterocycles. The van der Waals surface area contributed by atoms with E-state index < -0.39 is 17.9 Å². The SMILES string of the molecule is CCCC(F)(NC(=O)OC)C(=O)OC. The van der Waals surface area contributed by atoms with Gasteiger partial charge in [0.2, 0.25) is 0 Å². The number of ether oxygens (including phenoxy) is 2. The summed E-state index contributed by atoms with van der Waals surface area (Å²) in [7, 11) is 2.13. The molecule has 6 heteroatoms. The van der Waals surface area contributed by atoms with Crippen LogP contribution in [0.4, 0.5) is 9.18 Å². The molecule has 0 rings (SSSR count). The van der Waals surface area contributed by atoms with Crippen LogP contribution in [-0.2, 0) is 14.3 Å². The average molecular weight is 207 g/mol. The first-order valence-electron chi connectivity index (χ1n) is 4.13. The molecule has 0 aromatic carbocycles. The molecule has 1 unspecified atom stereocenters. The number of hydrogen-bond donors (Lipinski definition) is 1. The number of methoxy groups -OCH3 is 2. The highest BCUT2D eigenvalue weighted by Gasteiger charge is 2.41. The molecular weight excluding hydrogens is 193 g/mol. The largest absolute Gasteiger partial charge is 0.465 e. The van der Waals surface area contributed by atoms with Crippen molar-refractivity contribution in [2.45, 2.75) is 25.6 Å². The van der Waals surface area contributed by atoms with E-state index in [0.29, 0.717) is 6.42 Å². The second kappa shape index (κ2) is 5.41. The maximum Gasteiger partial charge on any atom is 0.409 e. The first-order valence-corrected chi connectivity index (χ1v) is 4.13. The predicted molar refractivity (Wildman–Crippen MR) is 46.3 cm³/mol. The zero-order chi connectivity index (χ0) is 11.2. The van der Waals surface area contributed by atoms with Crippen LogP contribution in [0.25, 0.3) is 0 Å². The Morgan fingerprint density at radius 2 is 1.93 bits per heavy atom. The quantitative estimate of drug-likeness (QED) is 0.551. The zero-order valence-electron chi connectivity index (χ0n) is 8.43. The number of alkyl carbamates (subject to hydrolysis) is 1. The first kappa shape index (κ1) is 12.7. The van der Waals surface area contributed by atoms with Crippen molar-refractivity contribution < 1.29 is 23.5 Å². The molecular formula is C8H14FNO4. The normalized spacial score (nSPS) is 14.0. The van der Waals surface area contributed by atoms with Gasteiger partial charge in [0.25, 0.3) is 5.79 Å². The summed E-state index contributed by atoms with van der Waals surface area (Å²) in [6.45, 7) is 1.68. The molecule has 0 aliphatic heterocycles. The number of carbonyl (C=O) groups is 2. The van der Waals surface area contributed by atoms with Crippen molar-refractivity contribution in [2.75, 3.05) is 14.2 Å². The van der Waals surface area contributed by atoms with Crippen molar-refractivity contribution in [2.24, 2.45) is 0 Å². The number of amides is 1. The average Bonchev–Trinajstić information content (AvgIpc) is 2.16. The van der Waals surface area contributed by atoms with Crippen molar-refractivity contribution in [1.29, 1.82) is 0 Å². The van der Waals surface area contributed by atoms with Crippen molar-refractivity contribution in [3.8, 4) is 0 Å². The number of halogens is 1. The van der Waals surface area contributed by atoms with Crippen LogP contribution in [0.1, 0.15) is 19.8 Å². The fraction of sp³-hybridized carbons (Fsp3) is 0.750. The van der Waals surface area contributed by atoms with Gasteiger partial charge in [-0.25, -0.2) is 14.0 Å². The Hall–Kier alpha value is -1.33. The Morgan fingerprint density at radius 3 is 2.29 bits per heavy atom. The van der Waals surface area contributed by atoms with Crippen molar-refractivity contribution >= 4 is 12.1 Å². The molecule has 0 saturated carbocycles. The minimum atomic E-state index is -2.50. The number of hydrogen-bond acceptors (Lipinski definition) is 4. The zero-order valence-corrected chi connectivity index (χ0v) is 8.43. The highest BCUT2D eigenvalue weighted by molar-refractivity contribution is 5.83. The summed E-state index contributed by atoms with van der Waals surface area (Å²) in [5.41, 5.74) is 0. The summed E-state index contributed by atoms with van der Waals surface area (Å²) in [6.07, 6.45) is -0.781. The maximum atomic E-state index is 13.7. The molecule has 14 heavy (non-hydrogen) atoms. The Balaban J connectivity index is 4.54. The van der Waals surface area contributed by atoms with Crippen LogP contribution >= 0.6 is 0 Å². The summed E-state index contributed by atoms with van der Waals surface area (Å²) in [5, 5.41) is 1.79. The van der Waals surface area contributed by atoms with E-state index in [2.05, 4.69) is 9.47 Å². The van der Waals surface area contributed by atoms with Gasteiger partial charge in [-0.3, -0.25) is 5.32 Å². The summed E-state index contributed by atoms with van der Waals surface area (Å²) >= 11 is 0. The highest BCUT2D eigenvalue weighted by atomic mass is 19.1. The van der Waals surface area contributed by atoms with E-state index in [1.54, 1.807) is 12.2 Å². The molecule has 0 aliphatic carbocycles. The molecule has 0 aromatic rings. The lowest BCUT2D eigenvalue weighted by Crippen LogP contribution is -2.51. The maximum absolute atomic E-state index is 13.7. The van der Waals surface area contributed by atoms with E-state index in [-0.39, 0.29) is 6.42 Å². The standard InChI is InChI=1S/C8H14FNO4/c1-4-5-8(9,6(11)13-2)10-7(12)14-3/h4-5H2,1-3H3,(H,10,12). The third-order valence-electron chi connectivity index (χ3n) is 1.59. The Morgan fingerprint density at radius 1 is 1.36 bits per heavy atom. The highest BCUT2D eigenvalue weighted by Crippen LogP contribution is 2.16. The van der Waals surface area contributed by atoms with Crippen LogP contribution < -0.4 is 5.32 Å². The van der Waals surface area contributed by atoms with Crippen LogP contribution in [0, 0.1) is 0 Å². The van der Waals surface area contributed by atoms with Gasteiger partial charge in [0.15, 0.2) is 0 Å². The van der Waals surface area contributed by atoms with E-state index in [9.17, 15) is 14.0 Å². The van der Waals surface area contributed by atoms with Crippen LogP contribution in [-0.4, -0.2) is 32.1 Å². The molecule has 82 valence electrons. The number of alkyl halides is 1. The molecule has 0 fully saturated rings. The summed E-state index contributed by atoms with van der Waals surface area (Å²) in [6, 6.07) is 0. The fourth-order valence-corrected chi connectivity index (χ4v) is 0.935.